The molecule has 1 aromatic carbocycles. The van der Waals surface area contributed by atoms with Gasteiger partial charge in [0.15, 0.2) is 0 Å². The molecule has 2 aliphatic rings. The van der Waals surface area contributed by atoms with Crippen LogP contribution < -0.4 is 5.73 Å². The smallest absolute Gasteiger partial charge is 0.365 e. The molecule has 0 atom stereocenters. The average Bonchev–Trinajstić information content (AvgIpc) is 3.85. The number of aromatic nitrogens is 1. The standard InChI is InChI=1S/C10H8F2NO4PS.C7H13NO2.C6H7N.C5H9NO.C5H11N/c11-10(12,18(15,16)17)6-1-2-7-5(3-6)4-8(19-7)9(13)14;1-3-8(7(2)10)5-4-6-9;1-6-3-2-4-7-5-6;7-5-6-3-1-2-4-6;1-6-4-2-3-5-6/h1-4H,(H2,13,14)(H2,15,16,17);6H,3-5H2,1-2H3;2-5H,1H3;5H,1-4H2;2-5H2,1H3. The second kappa shape index (κ2) is 22.2. The Kier molecular flexibility index (Phi) is 19.6. The zero-order chi connectivity index (χ0) is 37.0. The van der Waals surface area contributed by atoms with Gasteiger partial charge in [0.05, 0.1) is 4.88 Å². The first kappa shape index (κ1) is 43.4. The molecule has 12 nitrogen and oxygen atoms in total. The van der Waals surface area contributed by atoms with E-state index in [1.807, 2.05) is 32.2 Å². The average molecular weight is 728 g/mol. The van der Waals surface area contributed by atoms with Crippen molar-refractivity contribution < 1.29 is 42.3 Å². The van der Waals surface area contributed by atoms with Crippen LogP contribution in [0.2, 0.25) is 0 Å². The maximum atomic E-state index is 13.5. The number of pyridine rings is 1. The summed E-state index contributed by atoms with van der Waals surface area (Å²) in [4.78, 5) is 68.7. The molecule has 2 aliphatic heterocycles. The number of rotatable bonds is 8. The highest BCUT2D eigenvalue weighted by molar-refractivity contribution is 7.52. The number of alkyl halides is 2. The number of hydrogen-bond donors (Lipinski definition) is 3. The Bertz CT molecular complexity index is 1500. The van der Waals surface area contributed by atoms with E-state index in [1.165, 1.54) is 63.4 Å². The van der Waals surface area contributed by atoms with E-state index in [0.29, 0.717) is 24.2 Å². The fourth-order valence-electron chi connectivity index (χ4n) is 4.44. The van der Waals surface area contributed by atoms with E-state index < -0.39 is 24.7 Å². The first-order valence-electron chi connectivity index (χ1n) is 15.8. The number of aldehydes is 1. The maximum absolute atomic E-state index is 13.5. The van der Waals surface area contributed by atoms with E-state index in [-0.39, 0.29) is 16.2 Å². The van der Waals surface area contributed by atoms with Crippen LogP contribution >= 0.6 is 18.9 Å². The number of nitrogens with zero attached hydrogens (tertiary/aromatic N) is 4. The number of halogens is 2. The van der Waals surface area contributed by atoms with Gasteiger partial charge in [-0.1, -0.05) is 12.1 Å². The highest BCUT2D eigenvalue weighted by Crippen LogP contribution is 2.59. The number of amides is 3. The number of likely N-dealkylation sites (tertiary alicyclic amines) is 2. The number of hydrogen-bond acceptors (Lipinski definition) is 8. The number of carbonyl (C=O) groups is 4. The molecule has 16 heteroatoms. The number of fused-ring (bicyclic) bond motifs is 1. The lowest BCUT2D eigenvalue weighted by atomic mass is 10.1. The van der Waals surface area contributed by atoms with Crippen molar-refractivity contribution >= 4 is 53.5 Å². The minimum atomic E-state index is -5.60. The summed E-state index contributed by atoms with van der Waals surface area (Å²) in [5.41, 5.74) is 1.21. The fourth-order valence-corrected chi connectivity index (χ4v) is 5.81. The third-order valence-corrected chi connectivity index (χ3v) is 9.37. The van der Waals surface area contributed by atoms with E-state index in [4.69, 9.17) is 15.5 Å². The van der Waals surface area contributed by atoms with Crippen molar-refractivity contribution in [3.05, 3.63) is 64.8 Å². The molecule has 4 N–H and O–H groups in total. The normalized spacial score (nSPS) is 14.1. The van der Waals surface area contributed by atoms with Gasteiger partial charge in [-0.25, -0.2) is 0 Å². The minimum Gasteiger partial charge on any atom is -0.365 e. The van der Waals surface area contributed by atoms with Crippen LogP contribution in [0.5, 0.6) is 0 Å². The minimum absolute atomic E-state index is 0.0318. The van der Waals surface area contributed by atoms with Gasteiger partial charge in [-0.3, -0.25) is 23.9 Å². The van der Waals surface area contributed by atoms with Gasteiger partial charge in [-0.05, 0) is 94.9 Å². The number of primary amides is 1. The number of carbonyl (C=O) groups excluding carboxylic acids is 4. The van der Waals surface area contributed by atoms with Gasteiger partial charge in [-0.15, -0.1) is 11.3 Å². The van der Waals surface area contributed by atoms with Crippen LogP contribution in [0.15, 0.2) is 48.8 Å². The van der Waals surface area contributed by atoms with Crippen molar-refractivity contribution in [2.75, 3.05) is 46.3 Å². The van der Waals surface area contributed by atoms with Gasteiger partial charge in [0.25, 0.3) is 5.91 Å². The van der Waals surface area contributed by atoms with Gasteiger partial charge >= 0.3 is 13.3 Å². The van der Waals surface area contributed by atoms with Crippen molar-refractivity contribution in [1.29, 1.82) is 0 Å². The Hall–Kier alpha value is -3.62. The molecule has 0 aliphatic carbocycles. The molecule has 3 amide bonds. The van der Waals surface area contributed by atoms with Gasteiger partial charge in [-0.2, -0.15) is 8.78 Å². The molecule has 3 aromatic rings. The Balaban J connectivity index is 0.000000336. The molecule has 2 saturated heterocycles. The monoisotopic (exact) mass is 727 g/mol. The highest BCUT2D eigenvalue weighted by Gasteiger charge is 2.50. The third-order valence-electron chi connectivity index (χ3n) is 7.25. The number of aryl methyl sites for hydroxylation is 1. The summed E-state index contributed by atoms with van der Waals surface area (Å²) in [6, 6.07) is 8.38. The Morgan fingerprint density at radius 2 is 1.69 bits per heavy atom. The van der Waals surface area contributed by atoms with Crippen LogP contribution in [0.1, 0.15) is 66.8 Å². The zero-order valence-corrected chi connectivity index (χ0v) is 30.2. The van der Waals surface area contributed by atoms with E-state index in [1.54, 1.807) is 16.0 Å². The van der Waals surface area contributed by atoms with Crippen LogP contribution in [0.25, 0.3) is 10.1 Å². The topological polar surface area (TPSA) is 174 Å². The molecule has 0 radical (unpaired) electrons. The molecule has 2 aromatic heterocycles. The van der Waals surface area contributed by atoms with Crippen LogP contribution in [0.4, 0.5) is 8.78 Å². The predicted molar refractivity (Wildman–Crippen MR) is 187 cm³/mol. The Morgan fingerprint density at radius 1 is 1.08 bits per heavy atom. The van der Waals surface area contributed by atoms with E-state index >= 15 is 0 Å². The Morgan fingerprint density at radius 3 is 2.06 bits per heavy atom. The molecule has 0 unspecified atom stereocenters. The summed E-state index contributed by atoms with van der Waals surface area (Å²) >= 11 is 1.02. The lowest BCUT2D eigenvalue weighted by molar-refractivity contribution is -0.128. The molecular weight excluding hydrogens is 679 g/mol. The molecule has 0 bridgehead atoms. The molecule has 49 heavy (non-hydrogen) atoms. The molecule has 5 rings (SSSR count). The molecule has 0 spiro atoms. The second-order valence-electron chi connectivity index (χ2n) is 11.3. The summed E-state index contributed by atoms with van der Waals surface area (Å²) in [6.07, 6.45) is 11.0. The summed E-state index contributed by atoms with van der Waals surface area (Å²) in [6.45, 7) is 11.2. The number of thiophene rings is 1. The first-order chi connectivity index (χ1) is 23.1. The predicted octanol–water partition coefficient (Wildman–Crippen LogP) is 5.01. The van der Waals surface area contributed by atoms with Crippen LogP contribution in [0, 0.1) is 6.92 Å². The summed E-state index contributed by atoms with van der Waals surface area (Å²) in [5.74, 6) is -0.658. The van der Waals surface area contributed by atoms with Crippen LogP contribution in [0.3, 0.4) is 0 Å². The molecular formula is C33H48F2N5O7PS. The second-order valence-corrected chi connectivity index (χ2v) is 14.0. The van der Waals surface area contributed by atoms with E-state index in [2.05, 4.69) is 16.9 Å². The van der Waals surface area contributed by atoms with Crippen molar-refractivity contribution in [1.82, 2.24) is 19.7 Å². The van der Waals surface area contributed by atoms with Crippen molar-refractivity contribution in [3.63, 3.8) is 0 Å². The third kappa shape index (κ3) is 16.1. The van der Waals surface area contributed by atoms with Gasteiger partial charge in [0, 0.05) is 62.2 Å². The van der Waals surface area contributed by atoms with Gasteiger partial charge < -0.3 is 35.0 Å². The number of benzene rings is 1. The molecule has 4 heterocycles. The largest absolute Gasteiger partial charge is 0.399 e. The van der Waals surface area contributed by atoms with E-state index in [0.717, 1.165) is 49.3 Å². The maximum Gasteiger partial charge on any atom is 0.399 e. The van der Waals surface area contributed by atoms with Gasteiger partial charge in [0.2, 0.25) is 12.3 Å². The molecule has 0 saturated carbocycles. The molecule has 2 fully saturated rings. The molecule has 272 valence electrons. The van der Waals surface area contributed by atoms with Crippen LogP contribution in [-0.4, -0.2) is 100 Å². The summed E-state index contributed by atoms with van der Waals surface area (Å²) < 4.78 is 38.3. The van der Waals surface area contributed by atoms with Crippen LogP contribution in [-0.2, 0) is 24.6 Å². The lowest BCUT2D eigenvalue weighted by Gasteiger charge is -2.17. The first-order valence-corrected chi connectivity index (χ1v) is 18.2. The van der Waals surface area contributed by atoms with Crippen molar-refractivity contribution in [2.24, 2.45) is 5.73 Å². The number of nitrogens with two attached hydrogens (primary N) is 1. The van der Waals surface area contributed by atoms with Gasteiger partial charge in [0.1, 0.15) is 6.29 Å². The van der Waals surface area contributed by atoms with Crippen molar-refractivity contribution in [3.8, 4) is 0 Å². The summed E-state index contributed by atoms with van der Waals surface area (Å²) in [5, 5.41) is 0.282. The quantitative estimate of drug-likeness (QED) is 0.213. The Labute approximate surface area is 290 Å². The van der Waals surface area contributed by atoms with Crippen molar-refractivity contribution in [2.45, 2.75) is 58.5 Å². The SMILES string of the molecule is CCN(CCC=O)C(C)=O.CN1CCCC1.Cc1cccnc1.NC(=O)c1cc2cc(C(F)(F)P(=O)(O)O)ccc2s1.O=CN1CCCC1. The lowest BCUT2D eigenvalue weighted by Crippen LogP contribution is -2.29. The van der Waals surface area contributed by atoms with E-state index in [9.17, 15) is 32.5 Å². The summed E-state index contributed by atoms with van der Waals surface area (Å²) in [7, 11) is -3.43. The zero-order valence-electron chi connectivity index (χ0n) is 28.5. The fraction of sp³-hybridized carbons (Fsp3) is 0.485. The highest BCUT2D eigenvalue weighted by atomic mass is 32.1.